The Morgan fingerprint density at radius 1 is 1.19 bits per heavy atom. The van der Waals surface area contributed by atoms with E-state index in [4.69, 9.17) is 31.0 Å². The summed E-state index contributed by atoms with van der Waals surface area (Å²) >= 11 is 5.69. The molecule has 0 bridgehead atoms. The molecule has 1 fully saturated rings. The zero-order valence-electron chi connectivity index (χ0n) is 14.9. The number of aliphatic hydroxyl groups is 2. The molecule has 2 aliphatic heterocycles. The normalized spacial score (nSPS) is 35.5. The maximum absolute atomic E-state index is 14.7. The monoisotopic (exact) mass is 536 g/mol. The molecule has 2 aliphatic rings. The number of halogens is 2. The molecule has 3 unspecified atom stereocenters. The molecule has 16 nitrogen and oxygen atoms in total. The summed E-state index contributed by atoms with van der Waals surface area (Å²) in [5, 5.41) is 22.0. The van der Waals surface area contributed by atoms with Gasteiger partial charge in [0.15, 0.2) is 12.4 Å². The minimum Gasteiger partial charge on any atom is -0.387 e. The first-order chi connectivity index (χ1) is 14.0. The highest BCUT2D eigenvalue weighted by Crippen LogP contribution is 2.66. The van der Waals surface area contributed by atoms with Crippen LogP contribution < -0.4 is 5.32 Å². The highest BCUT2D eigenvalue weighted by atomic mass is 35.5. The number of alkyl halides is 2. The van der Waals surface area contributed by atoms with Crippen molar-refractivity contribution in [3.63, 3.8) is 0 Å². The molecule has 1 amide bonds. The highest BCUT2D eigenvalue weighted by molar-refractivity contribution is 7.66. The Balaban J connectivity index is 2.14. The van der Waals surface area contributed by atoms with Gasteiger partial charge in [-0.05, 0) is 0 Å². The van der Waals surface area contributed by atoms with E-state index in [1.165, 1.54) is 0 Å². The number of phosphoric ester groups is 1. The summed E-state index contributed by atoms with van der Waals surface area (Å²) in [7, 11) is -17.0. The van der Waals surface area contributed by atoms with E-state index in [0.29, 0.717) is 0 Å². The van der Waals surface area contributed by atoms with Gasteiger partial charge in [0.05, 0.1) is 12.5 Å². The number of nitrogens with one attached hydrogen (secondary N) is 1. The lowest BCUT2D eigenvalue weighted by Gasteiger charge is -2.36. The first kappa shape index (κ1) is 26.8. The molecule has 7 N–H and O–H groups in total. The second-order valence-electron chi connectivity index (χ2n) is 6.11. The SMILES string of the molecule is O=C1C=CN([C@@H]2O[C@](CCl)(COP(=O)(O)OP(=O)(O)OP(=O)(O)O)[C@@H](O)[C@H]2F)C(O)N1. The topological polar surface area (TPSA) is 242 Å². The summed E-state index contributed by atoms with van der Waals surface area (Å²) in [4.78, 5) is 47.5. The first-order valence-corrected chi connectivity index (χ1v) is 12.8. The zero-order chi connectivity index (χ0) is 23.8. The van der Waals surface area contributed by atoms with Crippen LogP contribution in [0.3, 0.4) is 0 Å². The Labute approximate surface area is 177 Å². The fourth-order valence-corrected chi connectivity index (χ4v) is 5.89. The van der Waals surface area contributed by atoms with Crippen LogP contribution in [0.1, 0.15) is 0 Å². The maximum Gasteiger partial charge on any atom is 0.490 e. The van der Waals surface area contributed by atoms with Gasteiger partial charge in [0.1, 0.15) is 11.7 Å². The van der Waals surface area contributed by atoms with Crippen LogP contribution in [-0.4, -0.2) is 83.5 Å². The van der Waals surface area contributed by atoms with Crippen LogP contribution >= 0.6 is 35.1 Å². The molecule has 0 aliphatic carbocycles. The Morgan fingerprint density at radius 3 is 2.32 bits per heavy atom. The van der Waals surface area contributed by atoms with Gasteiger partial charge in [0, 0.05) is 12.3 Å². The van der Waals surface area contributed by atoms with Gasteiger partial charge >= 0.3 is 23.5 Å². The number of carbonyl (C=O) groups is 1. The van der Waals surface area contributed by atoms with Gasteiger partial charge < -0.3 is 44.7 Å². The summed E-state index contributed by atoms with van der Waals surface area (Å²) in [6.45, 7) is -1.24. The molecular weight excluding hydrogens is 519 g/mol. The van der Waals surface area contributed by atoms with Gasteiger partial charge in [-0.15, -0.1) is 11.6 Å². The van der Waals surface area contributed by atoms with E-state index in [0.717, 1.165) is 17.2 Å². The fourth-order valence-electron chi connectivity index (χ4n) is 2.52. The van der Waals surface area contributed by atoms with Crippen LogP contribution in [0.15, 0.2) is 12.3 Å². The summed E-state index contributed by atoms with van der Waals surface area (Å²) < 4.78 is 65.2. The quantitative estimate of drug-likeness (QED) is 0.132. The average Bonchev–Trinajstić information content (AvgIpc) is 2.82. The Morgan fingerprint density at radius 2 is 1.81 bits per heavy atom. The van der Waals surface area contributed by atoms with Crippen LogP contribution in [0.25, 0.3) is 0 Å². The van der Waals surface area contributed by atoms with E-state index in [1.54, 1.807) is 0 Å². The lowest BCUT2D eigenvalue weighted by Crippen LogP contribution is -2.54. The van der Waals surface area contributed by atoms with Crippen molar-refractivity contribution in [3.05, 3.63) is 12.3 Å². The van der Waals surface area contributed by atoms with E-state index >= 15 is 0 Å². The van der Waals surface area contributed by atoms with Crippen molar-refractivity contribution in [1.29, 1.82) is 0 Å². The number of hydrogen-bond acceptors (Lipinski definition) is 11. The molecular formula is C10H17ClFN2O14P3. The lowest BCUT2D eigenvalue weighted by molar-refractivity contribution is -0.166. The zero-order valence-corrected chi connectivity index (χ0v) is 18.3. The predicted molar refractivity (Wildman–Crippen MR) is 94.2 cm³/mol. The van der Waals surface area contributed by atoms with Crippen molar-refractivity contribution in [2.45, 2.75) is 30.5 Å². The van der Waals surface area contributed by atoms with Crippen LogP contribution in [0.5, 0.6) is 0 Å². The molecule has 31 heavy (non-hydrogen) atoms. The summed E-state index contributed by atoms with van der Waals surface area (Å²) in [6, 6.07) is 0. The first-order valence-electron chi connectivity index (χ1n) is 7.79. The van der Waals surface area contributed by atoms with E-state index < -0.39 is 72.3 Å². The number of aliphatic hydroxyl groups excluding tert-OH is 2. The smallest absolute Gasteiger partial charge is 0.387 e. The average molecular weight is 537 g/mol. The summed E-state index contributed by atoms with van der Waals surface area (Å²) in [5.41, 5.74) is -2.27. The molecule has 2 rings (SSSR count). The number of carbonyl (C=O) groups excluding carboxylic acids is 1. The van der Waals surface area contributed by atoms with Crippen molar-refractivity contribution < 1.29 is 70.5 Å². The van der Waals surface area contributed by atoms with Crippen molar-refractivity contribution in [2.75, 3.05) is 12.5 Å². The molecule has 0 aromatic rings. The Hall–Kier alpha value is -0.480. The maximum atomic E-state index is 14.7. The molecule has 0 aromatic carbocycles. The van der Waals surface area contributed by atoms with Crippen molar-refractivity contribution in [2.24, 2.45) is 0 Å². The van der Waals surface area contributed by atoms with Crippen molar-refractivity contribution in [1.82, 2.24) is 10.2 Å². The summed E-state index contributed by atoms with van der Waals surface area (Å²) in [5.74, 6) is -1.49. The van der Waals surface area contributed by atoms with Crippen LogP contribution in [-0.2, 0) is 36.4 Å². The van der Waals surface area contributed by atoms with E-state index in [1.807, 2.05) is 5.32 Å². The molecule has 1 saturated heterocycles. The molecule has 0 radical (unpaired) electrons. The van der Waals surface area contributed by atoms with E-state index in [-0.39, 0.29) is 0 Å². The van der Waals surface area contributed by atoms with E-state index in [2.05, 4.69) is 13.1 Å². The second kappa shape index (κ2) is 9.41. The highest BCUT2D eigenvalue weighted by Gasteiger charge is 2.58. The standard InChI is InChI=1S/C10H17ClFN2O14P3/c11-3-10(4-25-30(21,22)28-31(23,24)27-29(18,19)20)7(16)6(12)8(26-10)14-2-1-5(15)13-9(14)17/h1-2,6-9,16-17H,3-4H2,(H,13,15)(H,21,22)(H,23,24)(H2,18,19,20)/t6-,7+,8-,9?,10-/m1/s1. The van der Waals surface area contributed by atoms with Crippen LogP contribution in [0.2, 0.25) is 0 Å². The molecule has 7 atom stereocenters. The molecule has 21 heteroatoms. The fraction of sp³-hybridized carbons (Fsp3) is 0.700. The van der Waals surface area contributed by atoms with Gasteiger partial charge in [-0.2, -0.15) is 8.62 Å². The van der Waals surface area contributed by atoms with Crippen molar-refractivity contribution >= 4 is 41.0 Å². The lowest BCUT2D eigenvalue weighted by atomic mass is 9.99. The van der Waals surface area contributed by atoms with Gasteiger partial charge in [-0.3, -0.25) is 9.32 Å². The summed E-state index contributed by atoms with van der Waals surface area (Å²) in [6.07, 6.45) is -6.14. The van der Waals surface area contributed by atoms with Gasteiger partial charge in [-0.1, -0.05) is 0 Å². The number of phosphoric acid groups is 3. The third kappa shape index (κ3) is 6.76. The van der Waals surface area contributed by atoms with E-state index in [9.17, 15) is 38.0 Å². The van der Waals surface area contributed by atoms with Crippen molar-refractivity contribution in [3.8, 4) is 0 Å². The number of rotatable bonds is 9. The minimum absolute atomic E-state index is 0.714. The van der Waals surface area contributed by atoms with Gasteiger partial charge in [-0.25, -0.2) is 18.1 Å². The molecule has 180 valence electrons. The Bertz CT molecular complexity index is 871. The molecule has 2 heterocycles. The largest absolute Gasteiger partial charge is 0.490 e. The molecule has 0 spiro atoms. The van der Waals surface area contributed by atoms with Crippen LogP contribution in [0.4, 0.5) is 4.39 Å². The third-order valence-corrected chi connectivity index (χ3v) is 8.06. The number of nitrogens with zero attached hydrogens (tertiary/aromatic N) is 1. The minimum atomic E-state index is -5.81. The molecule has 0 saturated carbocycles. The van der Waals surface area contributed by atoms with Gasteiger partial charge in [0.25, 0.3) is 0 Å². The number of ether oxygens (including phenoxy) is 1. The third-order valence-electron chi connectivity index (χ3n) is 3.83. The predicted octanol–water partition coefficient (Wildman–Crippen LogP) is -1.42. The second-order valence-corrected chi connectivity index (χ2v) is 10.8. The van der Waals surface area contributed by atoms with Gasteiger partial charge in [0.2, 0.25) is 12.3 Å². The number of amides is 1. The number of hydrogen-bond donors (Lipinski definition) is 7. The van der Waals surface area contributed by atoms with Crippen LogP contribution in [0, 0.1) is 0 Å². The molecule has 0 aromatic heterocycles. The Kier molecular flexibility index (Phi) is 8.12.